The van der Waals surface area contributed by atoms with Gasteiger partial charge in [0.15, 0.2) is 0 Å². The lowest BCUT2D eigenvalue weighted by molar-refractivity contribution is 0.0921. The van der Waals surface area contributed by atoms with Gasteiger partial charge in [-0.05, 0) is 44.1 Å². The molecule has 0 atom stereocenters. The van der Waals surface area contributed by atoms with E-state index in [2.05, 4.69) is 41.5 Å². The number of nitrogens with two attached hydrogens (primary N) is 1. The summed E-state index contributed by atoms with van der Waals surface area (Å²) in [6.07, 6.45) is 3.65. The van der Waals surface area contributed by atoms with E-state index in [1.54, 1.807) is 0 Å². The maximum absolute atomic E-state index is 12.3. The van der Waals surface area contributed by atoms with Crippen molar-refractivity contribution in [2.24, 2.45) is 0 Å². The van der Waals surface area contributed by atoms with E-state index in [1.165, 1.54) is 11.1 Å². The highest BCUT2D eigenvalue weighted by atomic mass is 16.2. The highest BCUT2D eigenvalue weighted by Crippen LogP contribution is 2.33. The highest BCUT2D eigenvalue weighted by Gasteiger charge is 2.25. The Morgan fingerprint density at radius 3 is 2.56 bits per heavy atom. The van der Waals surface area contributed by atoms with Gasteiger partial charge in [-0.25, -0.2) is 4.79 Å². The van der Waals surface area contributed by atoms with Gasteiger partial charge in [0.05, 0.1) is 0 Å². The van der Waals surface area contributed by atoms with Crippen molar-refractivity contribution in [2.75, 3.05) is 5.73 Å². The molecule has 0 aliphatic heterocycles. The van der Waals surface area contributed by atoms with Crippen LogP contribution in [0, 0.1) is 6.92 Å². The number of amides is 1. The molecule has 0 spiro atoms. The zero-order valence-electron chi connectivity index (χ0n) is 14.1. The van der Waals surface area contributed by atoms with Gasteiger partial charge in [-0.1, -0.05) is 29.8 Å². The smallest absolute Gasteiger partial charge is 0.326 e. The second kappa shape index (κ2) is 6.96. The zero-order chi connectivity index (χ0) is 18.0. The summed E-state index contributed by atoms with van der Waals surface area (Å²) < 4.78 is 0. The molecule has 25 heavy (non-hydrogen) atoms. The summed E-state index contributed by atoms with van der Waals surface area (Å²) >= 11 is 0. The van der Waals surface area contributed by atoms with Gasteiger partial charge in [0.1, 0.15) is 11.4 Å². The van der Waals surface area contributed by atoms with Crippen molar-refractivity contribution in [3.8, 4) is 0 Å². The minimum atomic E-state index is -0.753. The van der Waals surface area contributed by atoms with Crippen LogP contribution >= 0.6 is 0 Å². The largest absolute Gasteiger partial charge is 0.392 e. The van der Waals surface area contributed by atoms with E-state index >= 15 is 0 Å². The zero-order valence-corrected chi connectivity index (χ0v) is 14.1. The van der Waals surface area contributed by atoms with Crippen LogP contribution in [-0.4, -0.2) is 21.9 Å². The van der Waals surface area contributed by atoms with E-state index < -0.39 is 17.2 Å². The van der Waals surface area contributed by atoms with E-state index in [0.717, 1.165) is 25.7 Å². The molecular formula is C18H22N4O3. The average molecular weight is 342 g/mol. The standard InChI is InChI=1S/C18H22N4O3/c1-10-3-2-4-12(9-10)11-5-7-13(8-6-11)20-17(24)15-14(19)16(23)22-18(25)21-15/h2-4,9,11,13H,5-8,19H2,1H3,(H,20,24)(H2,21,22,23,25). The third kappa shape index (κ3) is 3.81. The monoisotopic (exact) mass is 342 g/mol. The number of carbonyl (C=O) groups excluding carboxylic acids is 1. The van der Waals surface area contributed by atoms with Gasteiger partial charge >= 0.3 is 5.69 Å². The molecule has 7 nitrogen and oxygen atoms in total. The molecular weight excluding hydrogens is 320 g/mol. The van der Waals surface area contributed by atoms with Crippen molar-refractivity contribution >= 4 is 11.6 Å². The topological polar surface area (TPSA) is 121 Å². The molecule has 0 saturated heterocycles. The van der Waals surface area contributed by atoms with Crippen molar-refractivity contribution in [3.63, 3.8) is 0 Å². The fraction of sp³-hybridized carbons (Fsp3) is 0.389. The number of rotatable bonds is 3. The first-order chi connectivity index (χ1) is 11.9. The van der Waals surface area contributed by atoms with Crippen molar-refractivity contribution < 1.29 is 4.79 Å². The first kappa shape index (κ1) is 17.0. The fourth-order valence-corrected chi connectivity index (χ4v) is 3.43. The molecule has 2 aromatic rings. The lowest BCUT2D eigenvalue weighted by Gasteiger charge is -2.29. The number of aryl methyl sites for hydroxylation is 1. The van der Waals surface area contributed by atoms with E-state index in [9.17, 15) is 14.4 Å². The summed E-state index contributed by atoms with van der Waals surface area (Å²) in [5, 5.41) is 2.87. The SMILES string of the molecule is Cc1cccc(C2CCC(NC(=O)c3[nH]c(=O)[nH]c(=O)c3N)CC2)c1. The van der Waals surface area contributed by atoms with Crippen LogP contribution in [0.3, 0.4) is 0 Å². The van der Waals surface area contributed by atoms with Crippen LogP contribution in [-0.2, 0) is 0 Å². The van der Waals surface area contributed by atoms with E-state index in [0.29, 0.717) is 5.92 Å². The Hall–Kier alpha value is -2.83. The lowest BCUT2D eigenvalue weighted by Crippen LogP contribution is -2.40. The quantitative estimate of drug-likeness (QED) is 0.674. The molecule has 7 heteroatoms. The van der Waals surface area contributed by atoms with E-state index in [1.807, 2.05) is 4.98 Å². The van der Waals surface area contributed by atoms with Crippen LogP contribution in [0.2, 0.25) is 0 Å². The molecule has 1 aromatic heterocycles. The Balaban J connectivity index is 1.64. The summed E-state index contributed by atoms with van der Waals surface area (Å²) in [4.78, 5) is 39.5. The number of hydrogen-bond acceptors (Lipinski definition) is 4. The Morgan fingerprint density at radius 2 is 1.88 bits per heavy atom. The Kier molecular flexibility index (Phi) is 4.74. The Morgan fingerprint density at radius 1 is 1.16 bits per heavy atom. The number of hydrogen-bond donors (Lipinski definition) is 4. The van der Waals surface area contributed by atoms with Crippen LogP contribution < -0.4 is 22.3 Å². The number of nitrogen functional groups attached to an aromatic ring is 1. The number of aromatic amines is 2. The molecule has 3 rings (SSSR count). The molecule has 0 radical (unpaired) electrons. The average Bonchev–Trinajstić information content (AvgIpc) is 2.58. The van der Waals surface area contributed by atoms with Crippen LogP contribution in [0.15, 0.2) is 33.9 Å². The molecule has 1 saturated carbocycles. The number of anilines is 1. The van der Waals surface area contributed by atoms with Crippen LogP contribution in [0.5, 0.6) is 0 Å². The number of carbonyl (C=O) groups is 1. The second-order valence-corrected chi connectivity index (χ2v) is 6.63. The first-order valence-electron chi connectivity index (χ1n) is 8.43. The maximum Gasteiger partial charge on any atom is 0.326 e. The predicted octanol–water partition coefficient (Wildman–Crippen LogP) is 1.41. The molecule has 1 heterocycles. The van der Waals surface area contributed by atoms with Crippen molar-refractivity contribution in [1.29, 1.82) is 0 Å². The normalized spacial score (nSPS) is 20.2. The molecule has 1 amide bonds. The number of aromatic nitrogens is 2. The third-order valence-corrected chi connectivity index (χ3v) is 4.78. The van der Waals surface area contributed by atoms with E-state index in [-0.39, 0.29) is 17.4 Å². The van der Waals surface area contributed by atoms with Gasteiger partial charge in [0.25, 0.3) is 11.5 Å². The number of H-pyrrole nitrogens is 2. The van der Waals surface area contributed by atoms with Crippen molar-refractivity contribution in [2.45, 2.75) is 44.6 Å². The number of benzene rings is 1. The lowest BCUT2D eigenvalue weighted by atomic mass is 9.81. The molecule has 0 bridgehead atoms. The minimum Gasteiger partial charge on any atom is -0.392 e. The van der Waals surface area contributed by atoms with Gasteiger partial charge in [-0.15, -0.1) is 0 Å². The maximum atomic E-state index is 12.3. The summed E-state index contributed by atoms with van der Waals surface area (Å²) in [6.45, 7) is 2.09. The predicted molar refractivity (Wildman–Crippen MR) is 95.7 cm³/mol. The van der Waals surface area contributed by atoms with Gasteiger partial charge in [-0.2, -0.15) is 0 Å². The summed E-state index contributed by atoms with van der Waals surface area (Å²) in [7, 11) is 0. The van der Waals surface area contributed by atoms with Crippen LogP contribution in [0.1, 0.15) is 53.2 Å². The molecule has 1 aromatic carbocycles. The van der Waals surface area contributed by atoms with Gasteiger partial charge < -0.3 is 16.0 Å². The first-order valence-corrected chi connectivity index (χ1v) is 8.43. The van der Waals surface area contributed by atoms with E-state index in [4.69, 9.17) is 5.73 Å². The fourth-order valence-electron chi connectivity index (χ4n) is 3.43. The van der Waals surface area contributed by atoms with Crippen LogP contribution in [0.4, 0.5) is 5.69 Å². The summed E-state index contributed by atoms with van der Waals surface area (Å²) in [5.74, 6) is -0.0165. The molecule has 0 unspecified atom stereocenters. The molecule has 132 valence electrons. The van der Waals surface area contributed by atoms with Crippen LogP contribution in [0.25, 0.3) is 0 Å². The number of nitrogens with one attached hydrogen (secondary N) is 3. The second-order valence-electron chi connectivity index (χ2n) is 6.63. The van der Waals surface area contributed by atoms with Crippen molar-refractivity contribution in [3.05, 3.63) is 61.9 Å². The van der Waals surface area contributed by atoms with Gasteiger partial charge in [-0.3, -0.25) is 14.6 Å². The molecule has 1 aliphatic rings. The summed E-state index contributed by atoms with van der Waals surface area (Å²) in [5.41, 5.74) is 6.25. The molecule has 1 fully saturated rings. The highest BCUT2D eigenvalue weighted by molar-refractivity contribution is 5.96. The van der Waals surface area contributed by atoms with Crippen molar-refractivity contribution in [1.82, 2.24) is 15.3 Å². The molecule has 5 N–H and O–H groups in total. The summed E-state index contributed by atoms with van der Waals surface area (Å²) in [6, 6.07) is 8.53. The molecule has 1 aliphatic carbocycles. The van der Waals surface area contributed by atoms with Gasteiger partial charge in [0, 0.05) is 6.04 Å². The third-order valence-electron chi connectivity index (χ3n) is 4.78. The minimum absolute atomic E-state index is 0.00995. The van der Waals surface area contributed by atoms with Gasteiger partial charge in [0.2, 0.25) is 0 Å². The Labute approximate surface area is 144 Å². The Bertz CT molecular complexity index is 892.